The Labute approximate surface area is 115 Å². The van der Waals surface area contributed by atoms with Gasteiger partial charge in [-0.25, -0.2) is 4.39 Å². The molecular weight excluding hydrogens is 284 g/mol. The predicted molar refractivity (Wildman–Crippen MR) is 66.8 cm³/mol. The van der Waals surface area contributed by atoms with Gasteiger partial charge in [0, 0.05) is 32.7 Å². The van der Waals surface area contributed by atoms with Crippen molar-refractivity contribution in [3.8, 4) is 0 Å². The average Bonchev–Trinajstić information content (AvgIpc) is 2.31. The Hall–Kier alpha value is -0.850. The van der Waals surface area contributed by atoms with E-state index in [2.05, 4.69) is 5.32 Å². The molecule has 1 aliphatic heterocycles. The number of nitrogens with one attached hydrogen (secondary N) is 1. The van der Waals surface area contributed by atoms with Gasteiger partial charge in [-0.05, 0) is 17.7 Å². The van der Waals surface area contributed by atoms with Gasteiger partial charge in [-0.1, -0.05) is 6.07 Å². The number of hydrogen-bond acceptors (Lipinski definition) is 2. The summed E-state index contributed by atoms with van der Waals surface area (Å²) >= 11 is 0. The molecule has 2 nitrogen and oxygen atoms in total. The lowest BCUT2D eigenvalue weighted by Crippen LogP contribution is -2.42. The second-order valence-corrected chi connectivity index (χ2v) is 4.34. The number of alkyl halides is 3. The third-order valence-electron chi connectivity index (χ3n) is 2.95. The highest BCUT2D eigenvalue weighted by Gasteiger charge is 2.34. The lowest BCUT2D eigenvalue weighted by molar-refractivity contribution is -0.140. The van der Waals surface area contributed by atoms with Crippen molar-refractivity contribution in [2.24, 2.45) is 0 Å². The second kappa shape index (κ2) is 6.54. The molecule has 19 heavy (non-hydrogen) atoms. The summed E-state index contributed by atoms with van der Waals surface area (Å²) < 4.78 is 50.7. The molecular formula is C12H15ClF4N2. The molecule has 1 fully saturated rings. The van der Waals surface area contributed by atoms with Crippen molar-refractivity contribution in [3.63, 3.8) is 0 Å². The number of hydrogen-bond donors (Lipinski definition) is 1. The topological polar surface area (TPSA) is 15.3 Å². The molecule has 1 aromatic carbocycles. The van der Waals surface area contributed by atoms with Crippen LogP contribution in [0, 0.1) is 5.82 Å². The minimum atomic E-state index is -4.64. The largest absolute Gasteiger partial charge is 0.419 e. The molecule has 0 bridgehead atoms. The molecule has 0 unspecified atom stereocenters. The highest BCUT2D eigenvalue weighted by molar-refractivity contribution is 5.85. The maximum atomic E-state index is 13.1. The monoisotopic (exact) mass is 298 g/mol. The van der Waals surface area contributed by atoms with E-state index in [9.17, 15) is 17.6 Å². The summed E-state index contributed by atoms with van der Waals surface area (Å²) in [6.07, 6.45) is -4.64. The number of nitrogens with zero attached hydrogens (tertiary/aromatic N) is 1. The van der Waals surface area contributed by atoms with E-state index >= 15 is 0 Å². The van der Waals surface area contributed by atoms with Gasteiger partial charge in [-0.3, -0.25) is 4.90 Å². The Morgan fingerprint density at radius 3 is 2.37 bits per heavy atom. The first-order valence-corrected chi connectivity index (χ1v) is 5.75. The van der Waals surface area contributed by atoms with Gasteiger partial charge in [0.2, 0.25) is 0 Å². The molecule has 0 amide bonds. The van der Waals surface area contributed by atoms with Crippen molar-refractivity contribution in [1.29, 1.82) is 0 Å². The summed E-state index contributed by atoms with van der Waals surface area (Å²) in [5.74, 6) is -1.22. The van der Waals surface area contributed by atoms with Gasteiger partial charge < -0.3 is 5.32 Å². The van der Waals surface area contributed by atoms with Gasteiger partial charge in [-0.2, -0.15) is 13.2 Å². The van der Waals surface area contributed by atoms with E-state index in [1.165, 1.54) is 6.07 Å². The van der Waals surface area contributed by atoms with Gasteiger partial charge in [-0.15, -0.1) is 12.4 Å². The van der Waals surface area contributed by atoms with Crippen LogP contribution >= 0.6 is 12.4 Å². The van der Waals surface area contributed by atoms with Crippen LogP contribution in [0.15, 0.2) is 18.2 Å². The van der Waals surface area contributed by atoms with Crippen molar-refractivity contribution in [1.82, 2.24) is 10.2 Å². The van der Waals surface area contributed by atoms with E-state index in [-0.39, 0.29) is 12.4 Å². The molecule has 1 saturated heterocycles. The molecule has 7 heteroatoms. The molecule has 1 N–H and O–H groups in total. The molecule has 1 heterocycles. The molecule has 0 spiro atoms. The Morgan fingerprint density at radius 1 is 1.16 bits per heavy atom. The lowest BCUT2D eigenvalue weighted by Gasteiger charge is -2.27. The van der Waals surface area contributed by atoms with Crippen LogP contribution in [0.5, 0.6) is 0 Å². The quantitative estimate of drug-likeness (QED) is 0.845. The number of rotatable bonds is 2. The van der Waals surface area contributed by atoms with Crippen LogP contribution in [0.4, 0.5) is 17.6 Å². The average molecular weight is 299 g/mol. The highest BCUT2D eigenvalue weighted by Crippen LogP contribution is 2.32. The van der Waals surface area contributed by atoms with Crippen LogP contribution in [0.1, 0.15) is 11.1 Å². The zero-order chi connectivity index (χ0) is 13.2. The van der Waals surface area contributed by atoms with Crippen molar-refractivity contribution in [2.75, 3.05) is 26.2 Å². The molecule has 108 valence electrons. The van der Waals surface area contributed by atoms with Crippen LogP contribution in [-0.4, -0.2) is 31.1 Å². The zero-order valence-electron chi connectivity index (χ0n) is 10.1. The summed E-state index contributed by atoms with van der Waals surface area (Å²) in [4.78, 5) is 2.05. The molecule has 1 aromatic rings. The fourth-order valence-electron chi connectivity index (χ4n) is 2.02. The summed E-state index contributed by atoms with van der Waals surface area (Å²) in [7, 11) is 0. The first-order valence-electron chi connectivity index (χ1n) is 5.75. The second-order valence-electron chi connectivity index (χ2n) is 4.34. The number of piperazine rings is 1. The Morgan fingerprint density at radius 2 is 1.79 bits per heavy atom. The number of benzene rings is 1. The van der Waals surface area contributed by atoms with Crippen molar-refractivity contribution < 1.29 is 17.6 Å². The molecule has 0 aromatic heterocycles. The maximum Gasteiger partial charge on any atom is 0.419 e. The zero-order valence-corrected chi connectivity index (χ0v) is 11.0. The van der Waals surface area contributed by atoms with E-state index in [1.54, 1.807) is 0 Å². The van der Waals surface area contributed by atoms with Crippen LogP contribution in [0.25, 0.3) is 0 Å². The van der Waals surface area contributed by atoms with Crippen LogP contribution < -0.4 is 5.32 Å². The normalized spacial score (nSPS) is 17.1. The number of halogens is 5. The van der Waals surface area contributed by atoms with Gasteiger partial charge in [0.25, 0.3) is 0 Å². The summed E-state index contributed by atoms with van der Waals surface area (Å²) in [6, 6.07) is 3.20. The van der Waals surface area contributed by atoms with Gasteiger partial charge in [0.1, 0.15) is 5.82 Å². The first-order chi connectivity index (χ1) is 8.47. The third kappa shape index (κ3) is 4.33. The van der Waals surface area contributed by atoms with Crippen LogP contribution in [-0.2, 0) is 12.7 Å². The van der Waals surface area contributed by atoms with Gasteiger partial charge >= 0.3 is 6.18 Å². The third-order valence-corrected chi connectivity index (χ3v) is 2.95. The van der Waals surface area contributed by atoms with Crippen LogP contribution in [0.3, 0.4) is 0 Å². The fraction of sp³-hybridized carbons (Fsp3) is 0.500. The first kappa shape index (κ1) is 16.2. The standard InChI is InChI=1S/C12H14F4N2.ClH/c13-11-2-1-9(7-10(11)12(14,15)16)8-18-5-3-17-4-6-18;/h1-2,7,17H,3-6,8H2;1H. The Kier molecular flexibility index (Phi) is 5.58. The van der Waals surface area contributed by atoms with Gasteiger partial charge in [0.05, 0.1) is 5.56 Å². The van der Waals surface area contributed by atoms with E-state index < -0.39 is 17.6 Å². The minimum Gasteiger partial charge on any atom is -0.314 e. The summed E-state index contributed by atoms with van der Waals surface area (Å²) in [5, 5.41) is 3.16. The van der Waals surface area contributed by atoms with E-state index in [1.807, 2.05) is 4.90 Å². The van der Waals surface area contributed by atoms with E-state index in [4.69, 9.17) is 0 Å². The van der Waals surface area contributed by atoms with E-state index in [0.717, 1.165) is 38.3 Å². The molecule has 0 saturated carbocycles. The molecule has 0 aliphatic carbocycles. The Balaban J connectivity index is 0.00000180. The predicted octanol–water partition coefficient (Wildman–Crippen LogP) is 2.67. The van der Waals surface area contributed by atoms with Crippen molar-refractivity contribution >= 4 is 12.4 Å². The van der Waals surface area contributed by atoms with E-state index in [0.29, 0.717) is 12.1 Å². The Bertz CT molecular complexity index is 417. The molecule has 2 rings (SSSR count). The minimum absolute atomic E-state index is 0. The van der Waals surface area contributed by atoms with Gasteiger partial charge in [0.15, 0.2) is 0 Å². The fourth-order valence-corrected chi connectivity index (χ4v) is 2.02. The highest BCUT2D eigenvalue weighted by atomic mass is 35.5. The molecule has 0 radical (unpaired) electrons. The van der Waals surface area contributed by atoms with Crippen molar-refractivity contribution in [2.45, 2.75) is 12.7 Å². The molecule has 0 atom stereocenters. The smallest absolute Gasteiger partial charge is 0.314 e. The lowest BCUT2D eigenvalue weighted by atomic mass is 10.1. The summed E-state index contributed by atoms with van der Waals surface area (Å²) in [6.45, 7) is 3.66. The SMILES string of the molecule is Cl.Fc1ccc(CN2CCNCC2)cc1C(F)(F)F. The summed E-state index contributed by atoms with van der Waals surface area (Å²) in [5.41, 5.74) is -0.694. The maximum absolute atomic E-state index is 13.1. The molecule has 1 aliphatic rings. The van der Waals surface area contributed by atoms with Crippen molar-refractivity contribution in [3.05, 3.63) is 35.1 Å². The van der Waals surface area contributed by atoms with Crippen LogP contribution in [0.2, 0.25) is 0 Å².